The third-order valence-corrected chi connectivity index (χ3v) is 19.5. The molecule has 0 saturated heterocycles. The van der Waals surface area contributed by atoms with E-state index >= 15 is 0 Å². The lowest BCUT2D eigenvalue weighted by atomic mass is 10.2. The number of hydrogen-bond donors (Lipinski definition) is 2. The van der Waals surface area contributed by atoms with Gasteiger partial charge in [0.25, 0.3) is 0 Å². The Kier molecular flexibility index (Phi) is 16.2. The van der Waals surface area contributed by atoms with Gasteiger partial charge in [-0.05, 0) is 12.8 Å². The molecule has 0 fully saturated rings. The van der Waals surface area contributed by atoms with Crippen molar-refractivity contribution < 1.29 is 19.7 Å². The molecule has 0 unspecified atom stereocenters. The first kappa shape index (κ1) is 28.3. The smallest absolute Gasteiger partial charge is 0.109 e. The van der Waals surface area contributed by atoms with E-state index in [9.17, 15) is 10.2 Å². The van der Waals surface area contributed by atoms with Crippen molar-refractivity contribution in [3.63, 3.8) is 0 Å². The van der Waals surface area contributed by atoms with Crippen molar-refractivity contribution in [1.82, 2.24) is 0 Å². The number of aliphatic hydroxyl groups is 2. The predicted molar refractivity (Wildman–Crippen MR) is 127 cm³/mol. The summed E-state index contributed by atoms with van der Waals surface area (Å²) in [6, 6.07) is 10.6. The average molecular weight is 435 g/mol. The maximum absolute atomic E-state index is 9.72. The predicted octanol–water partition coefficient (Wildman–Crippen LogP) is 5.54. The molecule has 6 heteroatoms. The van der Waals surface area contributed by atoms with Crippen molar-refractivity contribution in [3.05, 3.63) is 0 Å². The molecule has 170 valence electrons. The molecule has 0 radical (unpaired) electrons. The Labute approximate surface area is 177 Å². The molecule has 0 aliphatic rings. The molecule has 0 heterocycles. The fourth-order valence-corrected chi connectivity index (χ4v) is 11.4. The Balaban J connectivity index is 4.37. The van der Waals surface area contributed by atoms with E-state index in [1.165, 1.54) is 48.4 Å². The number of aliphatic hydroxyl groups excluding tert-OH is 2. The third kappa shape index (κ3) is 9.39. The zero-order valence-electron chi connectivity index (χ0n) is 19.8. The van der Waals surface area contributed by atoms with Crippen molar-refractivity contribution in [1.29, 1.82) is 0 Å². The van der Waals surface area contributed by atoms with E-state index in [1.54, 1.807) is 0 Å². The quantitative estimate of drug-likeness (QED) is 0.207. The van der Waals surface area contributed by atoms with Crippen LogP contribution in [0.2, 0.25) is 48.4 Å². The Morgan fingerprint density at radius 2 is 0.857 bits per heavy atom. The highest BCUT2D eigenvalue weighted by molar-refractivity contribution is 6.80. The van der Waals surface area contributed by atoms with Crippen LogP contribution in [-0.2, 0) is 9.47 Å². The molecular weight excluding hydrogens is 384 g/mol. The number of hydrogen-bond acceptors (Lipinski definition) is 4. The summed E-state index contributed by atoms with van der Waals surface area (Å²) in [6.45, 7) is 15.1. The van der Waals surface area contributed by atoms with Gasteiger partial charge in [0.05, 0.1) is 29.4 Å². The van der Waals surface area contributed by atoms with Gasteiger partial charge in [-0.25, -0.2) is 0 Å². The first-order valence-electron chi connectivity index (χ1n) is 11.9. The summed E-state index contributed by atoms with van der Waals surface area (Å²) in [6.07, 6.45) is 1.26. The van der Waals surface area contributed by atoms with Crippen LogP contribution in [0.5, 0.6) is 0 Å². The van der Waals surface area contributed by atoms with Crippen LogP contribution in [0, 0.1) is 0 Å². The van der Waals surface area contributed by atoms with Crippen molar-refractivity contribution in [2.75, 3.05) is 26.4 Å². The fraction of sp³-hybridized carbons (Fsp3) is 1.00. The van der Waals surface area contributed by atoms with E-state index in [0.717, 1.165) is 12.8 Å². The molecule has 0 amide bonds. The van der Waals surface area contributed by atoms with Crippen molar-refractivity contribution >= 4 is 16.1 Å². The average Bonchev–Trinajstić information content (AvgIpc) is 2.75. The molecule has 2 atom stereocenters. The maximum Gasteiger partial charge on any atom is 0.109 e. The van der Waals surface area contributed by atoms with Crippen LogP contribution < -0.4 is 0 Å². The molecule has 0 aromatic rings. The lowest BCUT2D eigenvalue weighted by Gasteiger charge is -2.30. The van der Waals surface area contributed by atoms with Crippen LogP contribution in [0.25, 0.3) is 0 Å². The lowest BCUT2D eigenvalue weighted by Crippen LogP contribution is -2.39. The molecule has 0 bridgehead atoms. The van der Waals surface area contributed by atoms with Gasteiger partial charge >= 0.3 is 0 Å². The van der Waals surface area contributed by atoms with Gasteiger partial charge in [-0.15, -0.1) is 0 Å². The highest BCUT2D eigenvalue weighted by Gasteiger charge is 2.28. The second kappa shape index (κ2) is 16.0. The second-order valence-corrected chi connectivity index (χ2v) is 19.8. The number of ether oxygens (including phenoxy) is 2. The molecule has 4 nitrogen and oxygen atoms in total. The molecule has 0 spiro atoms. The molecule has 28 heavy (non-hydrogen) atoms. The standard InChI is InChI=1S/C22H50O4Si2/c1-7-27(8-2,9-3)17-13-15-25-21(19-23)22(20-24)26-16-14-18-28(10-4,11-5)12-6/h21-24H,7-20H2,1-6H3/t21-,22+. The van der Waals surface area contributed by atoms with Gasteiger partial charge in [-0.2, -0.15) is 0 Å². The highest BCUT2D eigenvalue weighted by Crippen LogP contribution is 2.27. The van der Waals surface area contributed by atoms with E-state index < -0.39 is 28.4 Å². The third-order valence-electron chi connectivity index (χ3n) is 7.64. The highest BCUT2D eigenvalue weighted by atomic mass is 28.3. The molecule has 0 aromatic carbocycles. The molecule has 0 saturated carbocycles. The van der Waals surface area contributed by atoms with Gasteiger partial charge < -0.3 is 19.7 Å². The summed E-state index contributed by atoms with van der Waals surface area (Å²) in [4.78, 5) is 0. The Morgan fingerprint density at radius 3 is 1.07 bits per heavy atom. The van der Waals surface area contributed by atoms with Gasteiger partial charge in [-0.1, -0.05) is 89.9 Å². The summed E-state index contributed by atoms with van der Waals surface area (Å²) in [5.41, 5.74) is 0. The SMILES string of the molecule is CC[Si](CC)(CC)CCCO[C@@H](CO)[C@@H](CO)OCCC[Si](CC)(CC)CC. The van der Waals surface area contributed by atoms with Crippen molar-refractivity contribution in [3.8, 4) is 0 Å². The van der Waals surface area contributed by atoms with Gasteiger partial charge in [0.15, 0.2) is 0 Å². The normalized spacial score (nSPS) is 15.0. The number of rotatable bonds is 19. The van der Waals surface area contributed by atoms with Crippen LogP contribution >= 0.6 is 0 Å². The van der Waals surface area contributed by atoms with Crippen LogP contribution in [0.3, 0.4) is 0 Å². The minimum absolute atomic E-state index is 0.0965. The maximum atomic E-state index is 9.72. The topological polar surface area (TPSA) is 58.9 Å². The molecule has 0 aromatic heterocycles. The zero-order chi connectivity index (χ0) is 21.5. The van der Waals surface area contributed by atoms with Crippen LogP contribution in [0.1, 0.15) is 54.4 Å². The first-order chi connectivity index (χ1) is 13.5. The summed E-state index contributed by atoms with van der Waals surface area (Å²) in [5.74, 6) is 0. The van der Waals surface area contributed by atoms with Crippen LogP contribution in [0.15, 0.2) is 0 Å². The monoisotopic (exact) mass is 434 g/mol. The van der Waals surface area contributed by atoms with Crippen LogP contribution in [0.4, 0.5) is 0 Å². The first-order valence-corrected chi connectivity index (χ1v) is 17.6. The van der Waals surface area contributed by atoms with E-state index in [1.807, 2.05) is 0 Å². The Hall–Kier alpha value is 0.274. The minimum atomic E-state index is -1.11. The summed E-state index contributed by atoms with van der Waals surface area (Å²) in [5, 5.41) is 19.4. The van der Waals surface area contributed by atoms with E-state index in [0.29, 0.717) is 13.2 Å². The van der Waals surface area contributed by atoms with Gasteiger partial charge in [0.2, 0.25) is 0 Å². The van der Waals surface area contributed by atoms with Gasteiger partial charge in [0, 0.05) is 13.2 Å². The van der Waals surface area contributed by atoms with E-state index in [4.69, 9.17) is 9.47 Å². The molecule has 0 aliphatic heterocycles. The molecule has 0 rings (SSSR count). The molecule has 2 N–H and O–H groups in total. The van der Waals surface area contributed by atoms with Gasteiger partial charge in [-0.3, -0.25) is 0 Å². The largest absolute Gasteiger partial charge is 0.394 e. The Morgan fingerprint density at radius 1 is 0.571 bits per heavy atom. The van der Waals surface area contributed by atoms with Gasteiger partial charge in [0.1, 0.15) is 12.2 Å². The zero-order valence-corrected chi connectivity index (χ0v) is 21.8. The summed E-state index contributed by atoms with van der Waals surface area (Å²) >= 11 is 0. The fourth-order valence-electron chi connectivity index (χ4n) is 4.48. The van der Waals surface area contributed by atoms with Crippen molar-refractivity contribution in [2.45, 2.75) is 115 Å². The molecular formula is C22H50O4Si2. The second-order valence-electron chi connectivity index (χ2n) is 8.51. The van der Waals surface area contributed by atoms with Crippen LogP contribution in [-0.4, -0.2) is 65.0 Å². The van der Waals surface area contributed by atoms with E-state index in [-0.39, 0.29) is 13.2 Å². The lowest BCUT2D eigenvalue weighted by molar-refractivity contribution is -0.109. The molecule has 0 aliphatic carbocycles. The van der Waals surface area contributed by atoms with E-state index in [2.05, 4.69) is 41.5 Å². The van der Waals surface area contributed by atoms with Crippen molar-refractivity contribution in [2.24, 2.45) is 0 Å². The Bertz CT molecular complexity index is 310. The summed E-state index contributed by atoms with van der Waals surface area (Å²) in [7, 11) is -2.22. The summed E-state index contributed by atoms with van der Waals surface area (Å²) < 4.78 is 11.9. The minimum Gasteiger partial charge on any atom is -0.394 e.